The van der Waals surface area contributed by atoms with Crippen LogP contribution < -0.4 is 0 Å². The van der Waals surface area contributed by atoms with Gasteiger partial charge in [0.25, 0.3) is 5.91 Å². The maximum atomic E-state index is 12.3. The van der Waals surface area contributed by atoms with E-state index in [2.05, 4.69) is 42.9 Å². The molecule has 0 fully saturated rings. The van der Waals surface area contributed by atoms with Crippen molar-refractivity contribution in [1.29, 1.82) is 0 Å². The summed E-state index contributed by atoms with van der Waals surface area (Å²) < 4.78 is 0. The molecule has 3 aromatic rings. The molecule has 0 unspecified atom stereocenters. The van der Waals surface area contributed by atoms with Gasteiger partial charge in [-0.1, -0.05) is 45.9 Å². The number of hydrogen-bond donors (Lipinski definition) is 2. The van der Waals surface area contributed by atoms with Gasteiger partial charge in [-0.2, -0.15) is 0 Å². The highest BCUT2D eigenvalue weighted by atomic mass is 16.3. The molecule has 1 aromatic heterocycles. The van der Waals surface area contributed by atoms with E-state index in [1.165, 1.54) is 0 Å². The molecule has 0 aliphatic rings. The molecule has 2 N–H and O–H groups in total. The number of aromatic hydroxyl groups is 1. The number of aromatic amines is 1. The highest BCUT2D eigenvalue weighted by molar-refractivity contribution is 5.97. The predicted molar refractivity (Wildman–Crippen MR) is 103 cm³/mol. The molecule has 0 aliphatic carbocycles. The summed E-state index contributed by atoms with van der Waals surface area (Å²) in [7, 11) is 0. The first kappa shape index (κ1) is 17.9. The number of hydrogen-bond acceptors (Lipinski definition) is 3. The third-order valence-corrected chi connectivity index (χ3v) is 4.46. The Labute approximate surface area is 152 Å². The van der Waals surface area contributed by atoms with Crippen LogP contribution in [0, 0.1) is 0 Å². The molecule has 0 aliphatic heterocycles. The maximum absolute atomic E-state index is 12.3. The summed E-state index contributed by atoms with van der Waals surface area (Å²) in [5, 5.41) is 18.7. The molecule has 1 heterocycles. The van der Waals surface area contributed by atoms with E-state index in [1.807, 2.05) is 30.3 Å². The van der Waals surface area contributed by atoms with Gasteiger partial charge in [-0.05, 0) is 47.2 Å². The van der Waals surface area contributed by atoms with E-state index >= 15 is 0 Å². The Kier molecular flexibility index (Phi) is 4.64. The van der Waals surface area contributed by atoms with Crippen molar-refractivity contribution in [1.82, 2.24) is 4.98 Å². The maximum Gasteiger partial charge on any atom is 0.295 e. The summed E-state index contributed by atoms with van der Waals surface area (Å²) >= 11 is 0. The third kappa shape index (κ3) is 3.52. The van der Waals surface area contributed by atoms with E-state index in [9.17, 15) is 9.90 Å². The topological polar surface area (TPSA) is 77.8 Å². The molecule has 0 spiro atoms. The number of rotatable bonds is 3. The van der Waals surface area contributed by atoms with Crippen LogP contribution in [-0.4, -0.2) is 16.0 Å². The van der Waals surface area contributed by atoms with Crippen LogP contribution >= 0.6 is 0 Å². The second-order valence-electron chi connectivity index (χ2n) is 7.39. The molecule has 1 amide bonds. The number of aryl methyl sites for hydroxylation is 1. The van der Waals surface area contributed by atoms with Gasteiger partial charge in [-0.3, -0.25) is 4.79 Å². The largest absolute Gasteiger partial charge is 0.493 e. The Balaban J connectivity index is 1.89. The Morgan fingerprint density at radius 3 is 2.42 bits per heavy atom. The average molecular weight is 349 g/mol. The normalized spacial score (nSPS) is 12.2. The summed E-state index contributed by atoms with van der Waals surface area (Å²) in [6.07, 6.45) is 0.873. The van der Waals surface area contributed by atoms with Crippen LogP contribution in [0.3, 0.4) is 0 Å². The molecule has 0 saturated carbocycles. The number of fused-ring (bicyclic) bond motifs is 1. The molecule has 0 radical (unpaired) electrons. The van der Waals surface area contributed by atoms with Crippen LogP contribution in [0.15, 0.2) is 52.7 Å². The number of benzene rings is 2. The van der Waals surface area contributed by atoms with Crippen molar-refractivity contribution >= 4 is 22.5 Å². The SMILES string of the molecule is CCc1ccc2[nH]c(O)c(N=NC(=O)c3ccc(C(C)(C)C)cc3)c2c1. The summed E-state index contributed by atoms with van der Waals surface area (Å²) in [6, 6.07) is 13.2. The van der Waals surface area contributed by atoms with Gasteiger partial charge in [0, 0.05) is 10.9 Å². The first-order valence-corrected chi connectivity index (χ1v) is 8.70. The third-order valence-electron chi connectivity index (χ3n) is 4.46. The van der Waals surface area contributed by atoms with Gasteiger partial charge < -0.3 is 10.1 Å². The van der Waals surface area contributed by atoms with Gasteiger partial charge >= 0.3 is 0 Å². The lowest BCUT2D eigenvalue weighted by molar-refractivity contribution is 0.0995. The predicted octanol–water partition coefficient (Wildman–Crippen LogP) is 5.66. The smallest absolute Gasteiger partial charge is 0.295 e. The molecule has 0 bridgehead atoms. The minimum atomic E-state index is -0.439. The Morgan fingerprint density at radius 1 is 1.12 bits per heavy atom. The van der Waals surface area contributed by atoms with Gasteiger partial charge in [-0.15, -0.1) is 10.2 Å². The number of carbonyl (C=O) groups excluding carboxylic acids is 1. The van der Waals surface area contributed by atoms with Crippen molar-refractivity contribution in [2.45, 2.75) is 39.5 Å². The van der Waals surface area contributed by atoms with Crippen LogP contribution in [0.1, 0.15) is 49.2 Å². The molecule has 2 aromatic carbocycles. The van der Waals surface area contributed by atoms with E-state index in [1.54, 1.807) is 12.1 Å². The molecule has 26 heavy (non-hydrogen) atoms. The van der Waals surface area contributed by atoms with Crippen LogP contribution in [0.5, 0.6) is 5.88 Å². The lowest BCUT2D eigenvalue weighted by Gasteiger charge is -2.18. The van der Waals surface area contributed by atoms with Gasteiger partial charge in [0.1, 0.15) is 0 Å². The van der Waals surface area contributed by atoms with Crippen molar-refractivity contribution in [2.75, 3.05) is 0 Å². The molecule has 134 valence electrons. The molecule has 5 heteroatoms. The minimum Gasteiger partial charge on any atom is -0.493 e. The molecular formula is C21H23N3O2. The number of amides is 1. The van der Waals surface area contributed by atoms with Crippen LogP contribution in [0.25, 0.3) is 10.9 Å². The zero-order chi connectivity index (χ0) is 18.9. The van der Waals surface area contributed by atoms with E-state index in [0.717, 1.165) is 28.5 Å². The zero-order valence-electron chi connectivity index (χ0n) is 15.5. The first-order chi connectivity index (χ1) is 12.3. The first-order valence-electron chi connectivity index (χ1n) is 8.70. The van der Waals surface area contributed by atoms with E-state index < -0.39 is 5.91 Å². The van der Waals surface area contributed by atoms with Crippen LogP contribution in [0.4, 0.5) is 5.69 Å². The number of nitrogens with one attached hydrogen (secondary N) is 1. The monoisotopic (exact) mass is 349 g/mol. The van der Waals surface area contributed by atoms with Crippen molar-refractivity contribution in [3.63, 3.8) is 0 Å². The molecule has 5 nitrogen and oxygen atoms in total. The van der Waals surface area contributed by atoms with Crippen molar-refractivity contribution in [2.24, 2.45) is 10.2 Å². The fourth-order valence-corrected chi connectivity index (χ4v) is 2.80. The van der Waals surface area contributed by atoms with Gasteiger partial charge in [0.15, 0.2) is 5.69 Å². The van der Waals surface area contributed by atoms with Crippen molar-refractivity contribution in [3.8, 4) is 5.88 Å². The number of nitrogens with zero attached hydrogens (tertiary/aromatic N) is 2. The van der Waals surface area contributed by atoms with E-state index in [-0.39, 0.29) is 17.0 Å². The summed E-state index contributed by atoms with van der Waals surface area (Å²) in [4.78, 5) is 15.2. The van der Waals surface area contributed by atoms with Gasteiger partial charge in [0.2, 0.25) is 5.88 Å². The van der Waals surface area contributed by atoms with Gasteiger partial charge in [-0.25, -0.2) is 0 Å². The average Bonchev–Trinajstić information content (AvgIpc) is 2.93. The fraction of sp³-hybridized carbons (Fsp3) is 0.286. The molecule has 3 rings (SSSR count). The second-order valence-corrected chi connectivity index (χ2v) is 7.39. The lowest BCUT2D eigenvalue weighted by atomic mass is 9.87. The Morgan fingerprint density at radius 2 is 1.81 bits per heavy atom. The van der Waals surface area contributed by atoms with Gasteiger partial charge in [0.05, 0.1) is 5.52 Å². The highest BCUT2D eigenvalue weighted by Gasteiger charge is 2.15. The van der Waals surface area contributed by atoms with Crippen LogP contribution in [0.2, 0.25) is 0 Å². The van der Waals surface area contributed by atoms with E-state index in [0.29, 0.717) is 5.56 Å². The summed E-state index contributed by atoms with van der Waals surface area (Å²) in [5.74, 6) is -0.529. The summed E-state index contributed by atoms with van der Waals surface area (Å²) in [6.45, 7) is 8.41. The van der Waals surface area contributed by atoms with E-state index in [4.69, 9.17) is 0 Å². The number of azo groups is 1. The fourth-order valence-electron chi connectivity index (χ4n) is 2.80. The number of H-pyrrole nitrogens is 1. The Bertz CT molecular complexity index is 977. The number of aromatic nitrogens is 1. The Hall–Kier alpha value is -2.95. The van der Waals surface area contributed by atoms with Crippen molar-refractivity contribution in [3.05, 3.63) is 59.2 Å². The highest BCUT2D eigenvalue weighted by Crippen LogP contribution is 2.36. The zero-order valence-corrected chi connectivity index (χ0v) is 15.5. The second kappa shape index (κ2) is 6.75. The quantitative estimate of drug-likeness (QED) is 0.599. The number of carbonyl (C=O) groups is 1. The molecule has 0 atom stereocenters. The molecular weight excluding hydrogens is 326 g/mol. The van der Waals surface area contributed by atoms with Crippen molar-refractivity contribution < 1.29 is 9.90 Å². The van der Waals surface area contributed by atoms with Crippen LogP contribution in [-0.2, 0) is 11.8 Å². The summed E-state index contributed by atoms with van der Waals surface area (Å²) in [5.41, 5.74) is 3.81. The standard InChI is InChI=1S/C21H23N3O2/c1-5-13-6-11-17-16(12-13)18(20(26)22-17)23-24-19(25)14-7-9-15(10-8-14)21(2,3)4/h6-12,22,26H,5H2,1-4H3. The lowest BCUT2D eigenvalue weighted by Crippen LogP contribution is -2.11. The minimum absolute atomic E-state index is 0.0237. The molecule has 0 saturated heterocycles.